The number of piperazine rings is 1. The molecule has 0 saturated carbocycles. The van der Waals surface area contributed by atoms with Gasteiger partial charge in [0.2, 0.25) is 0 Å². The van der Waals surface area contributed by atoms with Gasteiger partial charge < -0.3 is 24.4 Å². The van der Waals surface area contributed by atoms with Crippen molar-refractivity contribution in [1.29, 1.82) is 0 Å². The molecule has 21 heavy (non-hydrogen) atoms. The van der Waals surface area contributed by atoms with Crippen LogP contribution in [0.25, 0.3) is 0 Å². The standard InChI is InChI=1S/C15H20N2O4/c1-16-7-9-17(10-8-16)15(20)12-2-4-13(5-3-12)21-11-6-14(18)19/h2-5H,6-11H2,1H3,(H,18,19). The zero-order valence-corrected chi connectivity index (χ0v) is 12.1. The van der Waals surface area contributed by atoms with E-state index >= 15 is 0 Å². The quantitative estimate of drug-likeness (QED) is 0.693. The van der Waals surface area contributed by atoms with Crippen LogP contribution >= 0.6 is 0 Å². The molecule has 114 valence electrons. The number of hydrogen-bond acceptors (Lipinski definition) is 4. The first-order chi connectivity index (χ1) is 10.1. The Morgan fingerprint density at radius 2 is 1.86 bits per heavy atom. The fourth-order valence-corrected chi connectivity index (χ4v) is 2.22. The summed E-state index contributed by atoms with van der Waals surface area (Å²) < 4.78 is 5.26. The zero-order chi connectivity index (χ0) is 15.2. The number of carbonyl (C=O) groups is 2. The maximum Gasteiger partial charge on any atom is 0.254 e. The summed E-state index contributed by atoms with van der Waals surface area (Å²) in [5, 5.41) is 10.3. The summed E-state index contributed by atoms with van der Waals surface area (Å²) in [6, 6.07) is 6.79. The smallest absolute Gasteiger partial charge is 0.254 e. The topological polar surface area (TPSA) is 74.1 Å². The van der Waals surface area contributed by atoms with Crippen LogP contribution in [0.5, 0.6) is 5.75 Å². The molecule has 1 amide bonds. The van der Waals surface area contributed by atoms with E-state index in [1.54, 1.807) is 24.3 Å². The van der Waals surface area contributed by atoms with Gasteiger partial charge >= 0.3 is 0 Å². The van der Waals surface area contributed by atoms with Gasteiger partial charge in [0.15, 0.2) is 0 Å². The number of carboxylic acid groups (broad SMARTS) is 1. The van der Waals surface area contributed by atoms with Crippen molar-refractivity contribution in [3.8, 4) is 5.75 Å². The number of carboxylic acids is 1. The Morgan fingerprint density at radius 1 is 1.24 bits per heavy atom. The summed E-state index contributed by atoms with van der Waals surface area (Å²) in [6.07, 6.45) is -0.149. The molecule has 0 spiro atoms. The molecule has 1 aromatic rings. The molecule has 6 nitrogen and oxygen atoms in total. The van der Waals surface area contributed by atoms with Gasteiger partial charge in [0, 0.05) is 18.0 Å². The fourth-order valence-electron chi connectivity index (χ4n) is 2.22. The van der Waals surface area contributed by atoms with Gasteiger partial charge in [-0.1, -0.05) is 0 Å². The fraction of sp³-hybridized carbons (Fsp3) is 0.467. The Labute approximate surface area is 123 Å². The number of nitrogens with zero attached hydrogens (tertiary/aromatic N) is 1. The summed E-state index contributed by atoms with van der Waals surface area (Å²) in [7, 11) is 2.13. The molecule has 2 rings (SSSR count). The average Bonchev–Trinajstić information content (AvgIpc) is 2.48. The second kappa shape index (κ2) is 7.08. The lowest BCUT2D eigenvalue weighted by Gasteiger charge is -2.30. The van der Waals surface area contributed by atoms with Crippen molar-refractivity contribution in [1.82, 2.24) is 4.90 Å². The van der Waals surface area contributed by atoms with Crippen molar-refractivity contribution in [3.63, 3.8) is 0 Å². The van der Waals surface area contributed by atoms with Gasteiger partial charge in [0.25, 0.3) is 5.91 Å². The average molecular weight is 292 g/mol. The third kappa shape index (κ3) is 4.46. The van der Waals surface area contributed by atoms with E-state index in [1.807, 2.05) is 4.90 Å². The van der Waals surface area contributed by atoms with E-state index in [9.17, 15) is 14.7 Å². The highest BCUT2D eigenvalue weighted by molar-refractivity contribution is 5.94. The highest BCUT2D eigenvalue weighted by Crippen LogP contribution is 2.14. The third-order valence-electron chi connectivity index (χ3n) is 3.58. The normalized spacial score (nSPS) is 15.8. The number of ether oxygens (including phenoxy) is 1. The van der Waals surface area contributed by atoms with E-state index in [4.69, 9.17) is 4.74 Å². The van der Waals surface area contributed by atoms with E-state index in [2.05, 4.69) is 7.05 Å². The second-order valence-electron chi connectivity index (χ2n) is 5.24. The van der Waals surface area contributed by atoms with Crippen LogP contribution < -0.4 is 14.7 Å². The third-order valence-corrected chi connectivity index (χ3v) is 3.58. The lowest BCUT2D eigenvalue weighted by Crippen LogP contribution is -3.12. The Balaban J connectivity index is 1.89. The van der Waals surface area contributed by atoms with Crippen LogP contribution in [0.1, 0.15) is 16.8 Å². The minimum Gasteiger partial charge on any atom is -0.550 e. The highest BCUT2D eigenvalue weighted by Gasteiger charge is 2.22. The molecule has 1 N–H and O–H groups in total. The monoisotopic (exact) mass is 292 g/mol. The minimum atomic E-state index is -1.14. The predicted octanol–water partition coefficient (Wildman–Crippen LogP) is -1.82. The number of aliphatic carboxylic acids is 1. The summed E-state index contributed by atoms with van der Waals surface area (Å²) >= 11 is 0. The largest absolute Gasteiger partial charge is 0.550 e. The van der Waals surface area contributed by atoms with Gasteiger partial charge in [-0.15, -0.1) is 0 Å². The summed E-state index contributed by atoms with van der Waals surface area (Å²) in [5.41, 5.74) is 0.627. The maximum atomic E-state index is 12.3. The Bertz CT molecular complexity index is 493. The molecular formula is C15H20N2O4. The number of amides is 1. The van der Waals surface area contributed by atoms with Crippen LogP contribution in [-0.4, -0.2) is 56.6 Å². The molecule has 0 radical (unpaired) electrons. The van der Waals surface area contributed by atoms with Gasteiger partial charge in [0.05, 0.1) is 39.8 Å². The van der Waals surface area contributed by atoms with E-state index in [0.29, 0.717) is 11.3 Å². The van der Waals surface area contributed by atoms with Crippen molar-refractivity contribution in [3.05, 3.63) is 29.8 Å². The van der Waals surface area contributed by atoms with Crippen LogP contribution in [0.4, 0.5) is 0 Å². The molecule has 1 fully saturated rings. The number of nitrogens with one attached hydrogen (secondary N) is 1. The van der Waals surface area contributed by atoms with Crippen LogP contribution in [0.2, 0.25) is 0 Å². The Kier molecular flexibility index (Phi) is 5.16. The number of carbonyl (C=O) groups excluding carboxylic acids is 2. The van der Waals surface area contributed by atoms with Gasteiger partial charge in [-0.2, -0.15) is 0 Å². The summed E-state index contributed by atoms with van der Waals surface area (Å²) in [6.45, 7) is 3.55. The molecule has 0 unspecified atom stereocenters. The van der Waals surface area contributed by atoms with Crippen LogP contribution in [0.15, 0.2) is 24.3 Å². The number of rotatable bonds is 5. The number of hydrogen-bond donors (Lipinski definition) is 1. The molecule has 0 aromatic heterocycles. The number of quaternary nitrogens is 1. The molecule has 1 aromatic carbocycles. The van der Waals surface area contributed by atoms with Gasteiger partial charge in [-0.3, -0.25) is 4.79 Å². The van der Waals surface area contributed by atoms with Crippen LogP contribution in [0, 0.1) is 0 Å². The van der Waals surface area contributed by atoms with Crippen molar-refractivity contribution >= 4 is 11.9 Å². The molecular weight excluding hydrogens is 272 g/mol. The minimum absolute atomic E-state index is 0.0313. The maximum absolute atomic E-state index is 12.3. The molecule has 1 aliphatic heterocycles. The molecule has 0 atom stereocenters. The first-order valence-electron chi connectivity index (χ1n) is 7.09. The first kappa shape index (κ1) is 15.3. The Hall–Kier alpha value is -2.08. The van der Waals surface area contributed by atoms with Crippen molar-refractivity contribution in [2.45, 2.75) is 6.42 Å². The predicted molar refractivity (Wildman–Crippen MR) is 74.1 cm³/mol. The lowest BCUT2D eigenvalue weighted by molar-refractivity contribution is -0.883. The summed E-state index contributed by atoms with van der Waals surface area (Å²) in [5.74, 6) is -0.557. The van der Waals surface area contributed by atoms with Crippen molar-refractivity contribution in [2.24, 2.45) is 0 Å². The molecule has 1 aliphatic rings. The Morgan fingerprint density at radius 3 is 2.43 bits per heavy atom. The highest BCUT2D eigenvalue weighted by atomic mass is 16.5. The molecule has 1 saturated heterocycles. The van der Waals surface area contributed by atoms with E-state index in [-0.39, 0.29) is 18.9 Å². The van der Waals surface area contributed by atoms with Crippen molar-refractivity contribution < 1.29 is 24.3 Å². The molecule has 6 heteroatoms. The lowest BCUT2D eigenvalue weighted by atomic mass is 10.1. The number of likely N-dealkylation sites (N-methyl/N-ethyl adjacent to an activating group) is 1. The van der Waals surface area contributed by atoms with Crippen LogP contribution in [-0.2, 0) is 4.79 Å². The molecule has 0 bridgehead atoms. The van der Waals surface area contributed by atoms with Gasteiger partial charge in [-0.25, -0.2) is 0 Å². The van der Waals surface area contributed by atoms with Crippen molar-refractivity contribution in [2.75, 3.05) is 39.8 Å². The van der Waals surface area contributed by atoms with E-state index in [0.717, 1.165) is 26.2 Å². The second-order valence-corrected chi connectivity index (χ2v) is 5.24. The van der Waals surface area contributed by atoms with Crippen LogP contribution in [0.3, 0.4) is 0 Å². The first-order valence-corrected chi connectivity index (χ1v) is 7.09. The summed E-state index contributed by atoms with van der Waals surface area (Å²) in [4.78, 5) is 25.9. The SMILES string of the molecule is C[NH+]1CCN(C(=O)c2ccc(OCCC(=O)[O-])cc2)CC1. The number of benzene rings is 1. The zero-order valence-electron chi connectivity index (χ0n) is 12.1. The van der Waals surface area contributed by atoms with E-state index in [1.165, 1.54) is 4.90 Å². The van der Waals surface area contributed by atoms with Gasteiger partial charge in [-0.05, 0) is 24.3 Å². The van der Waals surface area contributed by atoms with Gasteiger partial charge in [0.1, 0.15) is 5.75 Å². The molecule has 1 heterocycles. The van der Waals surface area contributed by atoms with E-state index < -0.39 is 5.97 Å². The molecule has 0 aliphatic carbocycles.